The number of aromatic nitrogens is 2. The predicted molar refractivity (Wildman–Crippen MR) is 105 cm³/mol. The summed E-state index contributed by atoms with van der Waals surface area (Å²) in [4.78, 5) is 28.7. The van der Waals surface area contributed by atoms with Crippen LogP contribution in [0.1, 0.15) is 40.0 Å². The summed E-state index contributed by atoms with van der Waals surface area (Å²) in [5.74, 6) is 0.159. The molecule has 2 aliphatic rings. The predicted octanol–water partition coefficient (Wildman–Crippen LogP) is 2.02. The van der Waals surface area contributed by atoms with Gasteiger partial charge in [-0.05, 0) is 39.3 Å². The van der Waals surface area contributed by atoms with Crippen LogP contribution >= 0.6 is 0 Å². The van der Waals surface area contributed by atoms with Crippen molar-refractivity contribution in [3.8, 4) is 0 Å². The molecule has 2 heterocycles. The zero-order valence-electron chi connectivity index (χ0n) is 16.3. The lowest BCUT2D eigenvalue weighted by Gasteiger charge is -2.29. The molecule has 1 aromatic carbocycles. The summed E-state index contributed by atoms with van der Waals surface area (Å²) in [7, 11) is 0. The smallest absolute Gasteiger partial charge is 0.245 e. The van der Waals surface area contributed by atoms with E-state index in [1.807, 2.05) is 28.8 Å². The zero-order valence-corrected chi connectivity index (χ0v) is 16.3. The van der Waals surface area contributed by atoms with Crippen LogP contribution in [-0.4, -0.2) is 38.5 Å². The van der Waals surface area contributed by atoms with Crippen molar-refractivity contribution < 1.29 is 9.72 Å². The number of carbonyl (C=O) groups excluding carboxylic acids is 1. The van der Waals surface area contributed by atoms with Gasteiger partial charge in [-0.25, -0.2) is 10.4 Å². The number of rotatable bonds is 3. The number of hydrogen-bond acceptors (Lipinski definition) is 6. The Labute approximate surface area is 163 Å². The van der Waals surface area contributed by atoms with Gasteiger partial charge in [0.2, 0.25) is 17.9 Å². The molecule has 150 valence electrons. The van der Waals surface area contributed by atoms with Crippen LogP contribution in [0.15, 0.2) is 24.3 Å². The van der Waals surface area contributed by atoms with Crippen molar-refractivity contribution in [1.29, 1.82) is 0 Å². The Morgan fingerprint density at radius 2 is 2.04 bits per heavy atom. The Kier molecular flexibility index (Phi) is 4.59. The largest absolute Gasteiger partial charge is 0.305 e. The minimum atomic E-state index is -0.586. The van der Waals surface area contributed by atoms with Crippen molar-refractivity contribution in [3.63, 3.8) is 0 Å². The molecule has 9 nitrogen and oxygen atoms in total. The molecule has 3 N–H and O–H groups in total. The molecule has 2 fully saturated rings. The van der Waals surface area contributed by atoms with Gasteiger partial charge < -0.3 is 4.57 Å². The van der Waals surface area contributed by atoms with Gasteiger partial charge >= 0.3 is 0 Å². The molecule has 0 spiro atoms. The standard InChI is InChI=1S/C19H26N6O3/c1-19(2,3)24-15-7-5-4-6-14(15)20-18(24)21-17(26)16-12-10-11(25(27)28)8-9-13(12)22-23-16/h4-7,11-13,16,22-23H,8-10H2,1-3H3,(H,20,21,26). The lowest BCUT2D eigenvalue weighted by molar-refractivity contribution is -0.528. The summed E-state index contributed by atoms with van der Waals surface area (Å²) >= 11 is 0. The first-order valence-electron chi connectivity index (χ1n) is 9.69. The van der Waals surface area contributed by atoms with Crippen LogP contribution in [0, 0.1) is 16.0 Å². The number of fused-ring (bicyclic) bond motifs is 2. The third kappa shape index (κ3) is 3.24. The lowest BCUT2D eigenvalue weighted by Crippen LogP contribution is -2.44. The van der Waals surface area contributed by atoms with Crippen LogP contribution in [0.2, 0.25) is 0 Å². The number of hydrogen-bond donors (Lipinski definition) is 3. The van der Waals surface area contributed by atoms with E-state index in [9.17, 15) is 14.9 Å². The number of hydrazine groups is 1. The van der Waals surface area contributed by atoms with Gasteiger partial charge in [-0.15, -0.1) is 0 Å². The van der Waals surface area contributed by atoms with Crippen molar-refractivity contribution >= 4 is 22.9 Å². The van der Waals surface area contributed by atoms with Crippen molar-refractivity contribution in [3.05, 3.63) is 34.4 Å². The number of benzene rings is 1. The minimum Gasteiger partial charge on any atom is -0.305 e. The van der Waals surface area contributed by atoms with Gasteiger partial charge in [0.1, 0.15) is 6.04 Å². The SMILES string of the molecule is CC(C)(C)n1c(NC(=O)C2NNC3CCC([N+](=O)[O-])CC32)nc2ccccc21. The number of carbonyl (C=O) groups is 1. The van der Waals surface area contributed by atoms with Crippen molar-refractivity contribution in [2.45, 2.75) is 63.7 Å². The van der Waals surface area contributed by atoms with Gasteiger partial charge in [0.15, 0.2) is 0 Å². The van der Waals surface area contributed by atoms with Crippen LogP contribution in [0.25, 0.3) is 11.0 Å². The molecule has 1 saturated heterocycles. The maximum absolute atomic E-state index is 13.1. The Bertz CT molecular complexity index is 918. The normalized spacial score (nSPS) is 27.5. The van der Waals surface area contributed by atoms with E-state index in [1.54, 1.807) is 0 Å². The average Bonchev–Trinajstić information content (AvgIpc) is 3.21. The summed E-state index contributed by atoms with van der Waals surface area (Å²) in [6.07, 6.45) is 1.62. The summed E-state index contributed by atoms with van der Waals surface area (Å²) in [5.41, 5.74) is 7.69. The molecule has 4 rings (SSSR count). The first kappa shape index (κ1) is 18.8. The Hall–Kier alpha value is -2.52. The molecule has 1 aromatic heterocycles. The molecular weight excluding hydrogens is 360 g/mol. The second-order valence-electron chi connectivity index (χ2n) is 8.71. The van der Waals surface area contributed by atoms with E-state index >= 15 is 0 Å². The second-order valence-corrected chi connectivity index (χ2v) is 8.71. The van der Waals surface area contributed by atoms with Crippen LogP contribution in [0.4, 0.5) is 5.95 Å². The maximum atomic E-state index is 13.1. The van der Waals surface area contributed by atoms with E-state index in [4.69, 9.17) is 0 Å². The van der Waals surface area contributed by atoms with Crippen molar-refractivity contribution in [2.24, 2.45) is 5.92 Å². The van der Waals surface area contributed by atoms with E-state index in [1.165, 1.54) is 0 Å². The Balaban J connectivity index is 1.60. The van der Waals surface area contributed by atoms with Gasteiger partial charge in [0, 0.05) is 35.3 Å². The highest BCUT2D eigenvalue weighted by atomic mass is 16.6. The fourth-order valence-electron chi connectivity index (χ4n) is 4.46. The van der Waals surface area contributed by atoms with Gasteiger partial charge in [-0.1, -0.05) is 12.1 Å². The first-order valence-corrected chi connectivity index (χ1v) is 9.69. The number of para-hydroxylation sites is 2. The molecule has 0 radical (unpaired) electrons. The lowest BCUT2D eigenvalue weighted by atomic mass is 9.79. The van der Waals surface area contributed by atoms with Gasteiger partial charge in [0.25, 0.3) is 0 Å². The van der Waals surface area contributed by atoms with Crippen LogP contribution in [0.3, 0.4) is 0 Å². The molecule has 0 bridgehead atoms. The third-order valence-electron chi connectivity index (χ3n) is 5.77. The highest BCUT2D eigenvalue weighted by Gasteiger charge is 2.46. The quantitative estimate of drug-likeness (QED) is 0.549. The minimum absolute atomic E-state index is 0.0772. The van der Waals surface area contributed by atoms with Gasteiger partial charge in [-0.3, -0.25) is 25.7 Å². The molecule has 1 aliphatic heterocycles. The maximum Gasteiger partial charge on any atom is 0.245 e. The van der Waals surface area contributed by atoms with Crippen LogP contribution in [0.5, 0.6) is 0 Å². The second kappa shape index (κ2) is 6.82. The van der Waals surface area contributed by atoms with E-state index in [-0.39, 0.29) is 28.3 Å². The fourth-order valence-corrected chi connectivity index (χ4v) is 4.46. The van der Waals surface area contributed by atoms with Crippen molar-refractivity contribution in [2.75, 3.05) is 5.32 Å². The van der Waals surface area contributed by atoms with Gasteiger partial charge in [-0.2, -0.15) is 0 Å². The molecular formula is C19H26N6O3. The topological polar surface area (TPSA) is 114 Å². The van der Waals surface area contributed by atoms with E-state index in [0.717, 1.165) is 11.0 Å². The molecule has 1 saturated carbocycles. The summed E-state index contributed by atoms with van der Waals surface area (Å²) in [6.45, 7) is 6.18. The molecule has 4 unspecified atom stereocenters. The number of nitrogens with zero attached hydrogens (tertiary/aromatic N) is 3. The Morgan fingerprint density at radius 3 is 2.75 bits per heavy atom. The van der Waals surface area contributed by atoms with Crippen LogP contribution < -0.4 is 16.2 Å². The third-order valence-corrected chi connectivity index (χ3v) is 5.77. The first-order chi connectivity index (χ1) is 13.3. The number of imidazole rings is 1. The van der Waals surface area contributed by atoms with Crippen LogP contribution in [-0.2, 0) is 10.3 Å². The van der Waals surface area contributed by atoms with E-state index < -0.39 is 12.1 Å². The number of anilines is 1. The number of nitrogens with one attached hydrogen (secondary N) is 3. The highest BCUT2D eigenvalue weighted by Crippen LogP contribution is 2.33. The zero-order chi connectivity index (χ0) is 20.1. The van der Waals surface area contributed by atoms with Gasteiger partial charge in [0.05, 0.1) is 11.0 Å². The fraction of sp³-hybridized carbons (Fsp3) is 0.579. The number of nitro groups is 1. The molecule has 28 heavy (non-hydrogen) atoms. The van der Waals surface area contributed by atoms with Crippen molar-refractivity contribution in [1.82, 2.24) is 20.4 Å². The summed E-state index contributed by atoms with van der Waals surface area (Å²) in [5, 5.41) is 14.2. The molecule has 1 amide bonds. The summed E-state index contributed by atoms with van der Waals surface area (Å²) < 4.78 is 2.01. The van der Waals surface area contributed by atoms with E-state index in [0.29, 0.717) is 25.2 Å². The molecule has 1 aliphatic carbocycles. The molecule has 9 heteroatoms. The monoisotopic (exact) mass is 386 g/mol. The average molecular weight is 386 g/mol. The van der Waals surface area contributed by atoms with E-state index in [2.05, 4.69) is 41.9 Å². The Morgan fingerprint density at radius 1 is 1.29 bits per heavy atom. The number of amides is 1. The highest BCUT2D eigenvalue weighted by molar-refractivity contribution is 5.95. The molecule has 4 atom stereocenters. The molecule has 2 aromatic rings. The summed E-state index contributed by atoms with van der Waals surface area (Å²) in [6, 6.07) is 6.73.